The van der Waals surface area contributed by atoms with Crippen molar-refractivity contribution < 1.29 is 4.79 Å². The highest BCUT2D eigenvalue weighted by Gasteiger charge is 2.10. The van der Waals surface area contributed by atoms with E-state index >= 15 is 0 Å². The van der Waals surface area contributed by atoms with Gasteiger partial charge in [-0.25, -0.2) is 4.79 Å². The third-order valence-electron chi connectivity index (χ3n) is 4.58. The number of para-hydroxylation sites is 2. The summed E-state index contributed by atoms with van der Waals surface area (Å²) >= 11 is 0. The predicted molar refractivity (Wildman–Crippen MR) is 116 cm³/mol. The van der Waals surface area contributed by atoms with Crippen molar-refractivity contribution in [1.29, 1.82) is 0 Å². The van der Waals surface area contributed by atoms with Crippen LogP contribution in [0.25, 0.3) is 10.9 Å². The largest absolute Gasteiger partial charge is 0.356 e. The fraction of sp³-hybridized carbons (Fsp3) is 0.0870. The van der Waals surface area contributed by atoms with Crippen LogP contribution in [0.5, 0.6) is 0 Å². The number of hydrogen-bond acceptors (Lipinski definition) is 2. The lowest BCUT2D eigenvalue weighted by Crippen LogP contribution is -2.19. The van der Waals surface area contributed by atoms with E-state index in [9.17, 15) is 4.79 Å². The first-order chi connectivity index (χ1) is 13.7. The van der Waals surface area contributed by atoms with E-state index in [0.29, 0.717) is 0 Å². The molecule has 0 aliphatic carbocycles. The van der Waals surface area contributed by atoms with Crippen LogP contribution >= 0.6 is 0 Å². The Morgan fingerprint density at radius 3 is 2.18 bits per heavy atom. The van der Waals surface area contributed by atoms with E-state index in [4.69, 9.17) is 0 Å². The lowest BCUT2D eigenvalue weighted by Gasteiger charge is -2.09. The second-order valence-electron chi connectivity index (χ2n) is 6.49. The molecular formula is C23H22N4O. The molecule has 0 aliphatic rings. The van der Waals surface area contributed by atoms with Gasteiger partial charge in [-0.3, -0.25) is 0 Å². The van der Waals surface area contributed by atoms with Gasteiger partial charge in [0, 0.05) is 35.2 Å². The maximum Gasteiger partial charge on any atom is 0.323 e. The first kappa shape index (κ1) is 17.7. The molecule has 0 saturated carbocycles. The summed E-state index contributed by atoms with van der Waals surface area (Å²) in [5.74, 6) is 0. The first-order valence-corrected chi connectivity index (χ1v) is 9.31. The van der Waals surface area contributed by atoms with Gasteiger partial charge in [0.2, 0.25) is 0 Å². The molecule has 0 spiro atoms. The lowest BCUT2D eigenvalue weighted by molar-refractivity contribution is 0.262. The number of carbonyl (C=O) groups is 1. The summed E-state index contributed by atoms with van der Waals surface area (Å²) in [5, 5.41) is 10.2. The van der Waals surface area contributed by atoms with Gasteiger partial charge in [-0.15, -0.1) is 0 Å². The molecule has 0 atom stereocenters. The molecule has 5 heteroatoms. The average molecular weight is 370 g/mol. The highest BCUT2D eigenvalue weighted by atomic mass is 16.2. The molecule has 5 nitrogen and oxygen atoms in total. The molecular weight excluding hydrogens is 348 g/mol. The molecule has 3 N–H and O–H groups in total. The van der Waals surface area contributed by atoms with Gasteiger partial charge in [0.05, 0.1) is 11.2 Å². The first-order valence-electron chi connectivity index (χ1n) is 9.31. The SMILES string of the molecule is CCn1cc(NC(=O)Nc2ccc(Nc3ccccc3)cc2)c2ccccc21. The number of anilines is 4. The van der Waals surface area contributed by atoms with Crippen LogP contribution in [0.15, 0.2) is 85.1 Å². The van der Waals surface area contributed by atoms with Gasteiger partial charge in [0.25, 0.3) is 0 Å². The molecule has 2 amide bonds. The maximum absolute atomic E-state index is 12.5. The van der Waals surface area contributed by atoms with E-state index in [1.807, 2.05) is 79.0 Å². The van der Waals surface area contributed by atoms with Gasteiger partial charge in [-0.1, -0.05) is 36.4 Å². The standard InChI is InChI=1S/C23H22N4O/c1-2-27-16-21(20-10-6-7-11-22(20)27)26-23(28)25-19-14-12-18(13-15-19)24-17-8-4-3-5-9-17/h3-16,24H,2H2,1H3,(H2,25,26,28). The highest BCUT2D eigenvalue weighted by molar-refractivity contribution is 6.06. The van der Waals surface area contributed by atoms with Crippen LogP contribution in [0, 0.1) is 0 Å². The van der Waals surface area contributed by atoms with Gasteiger partial charge in [0.1, 0.15) is 0 Å². The molecule has 4 rings (SSSR count). The van der Waals surface area contributed by atoms with Crippen molar-refractivity contribution in [3.8, 4) is 0 Å². The molecule has 0 radical (unpaired) electrons. The molecule has 0 saturated heterocycles. The van der Waals surface area contributed by atoms with Gasteiger partial charge < -0.3 is 20.5 Å². The molecule has 0 aliphatic heterocycles. The number of nitrogens with one attached hydrogen (secondary N) is 3. The van der Waals surface area contributed by atoms with Crippen molar-refractivity contribution in [3.63, 3.8) is 0 Å². The summed E-state index contributed by atoms with van der Waals surface area (Å²) in [6, 6.07) is 25.4. The zero-order chi connectivity index (χ0) is 19.3. The fourth-order valence-corrected chi connectivity index (χ4v) is 3.22. The Morgan fingerprint density at radius 2 is 1.43 bits per heavy atom. The van der Waals surface area contributed by atoms with Gasteiger partial charge in [0.15, 0.2) is 0 Å². The minimum Gasteiger partial charge on any atom is -0.356 e. The number of fused-ring (bicyclic) bond motifs is 1. The number of aromatic nitrogens is 1. The number of aryl methyl sites for hydroxylation is 1. The maximum atomic E-state index is 12.5. The van der Waals surface area contributed by atoms with Crippen molar-refractivity contribution in [2.45, 2.75) is 13.5 Å². The summed E-state index contributed by atoms with van der Waals surface area (Å²) in [7, 11) is 0. The molecule has 0 unspecified atom stereocenters. The van der Waals surface area contributed by atoms with E-state index in [1.54, 1.807) is 0 Å². The second-order valence-corrected chi connectivity index (χ2v) is 6.49. The number of hydrogen-bond donors (Lipinski definition) is 3. The molecule has 4 aromatic rings. The summed E-state index contributed by atoms with van der Waals surface area (Å²) in [4.78, 5) is 12.5. The lowest BCUT2D eigenvalue weighted by atomic mass is 10.2. The predicted octanol–water partition coefficient (Wildman–Crippen LogP) is 6.05. The fourth-order valence-electron chi connectivity index (χ4n) is 3.22. The third-order valence-corrected chi connectivity index (χ3v) is 4.58. The molecule has 28 heavy (non-hydrogen) atoms. The number of rotatable bonds is 5. The number of urea groups is 1. The molecule has 1 aromatic heterocycles. The molecule has 0 fully saturated rings. The van der Waals surface area contributed by atoms with E-state index < -0.39 is 0 Å². The summed E-state index contributed by atoms with van der Waals surface area (Å²) in [6.45, 7) is 2.93. The zero-order valence-electron chi connectivity index (χ0n) is 15.6. The number of amides is 2. The number of nitrogens with zero attached hydrogens (tertiary/aromatic N) is 1. The van der Waals surface area contributed by atoms with Crippen LogP contribution in [0.2, 0.25) is 0 Å². The Morgan fingerprint density at radius 1 is 0.786 bits per heavy atom. The van der Waals surface area contributed by atoms with Crippen molar-refractivity contribution in [2.75, 3.05) is 16.0 Å². The Balaban J connectivity index is 1.43. The number of benzene rings is 3. The molecule has 1 heterocycles. The Hall–Kier alpha value is -3.73. The van der Waals surface area contributed by atoms with Crippen LogP contribution < -0.4 is 16.0 Å². The quantitative estimate of drug-likeness (QED) is 0.400. The summed E-state index contributed by atoms with van der Waals surface area (Å²) < 4.78 is 2.12. The third kappa shape index (κ3) is 3.83. The Kier molecular flexibility index (Phi) is 4.97. The molecule has 0 bridgehead atoms. The monoisotopic (exact) mass is 370 g/mol. The van der Waals surface area contributed by atoms with Crippen molar-refractivity contribution in [2.24, 2.45) is 0 Å². The van der Waals surface area contributed by atoms with Crippen molar-refractivity contribution in [1.82, 2.24) is 4.57 Å². The van der Waals surface area contributed by atoms with E-state index in [1.165, 1.54) is 0 Å². The smallest absolute Gasteiger partial charge is 0.323 e. The van der Waals surface area contributed by atoms with Crippen molar-refractivity contribution in [3.05, 3.63) is 85.1 Å². The average Bonchev–Trinajstić information content (AvgIpc) is 3.08. The topological polar surface area (TPSA) is 58.1 Å². The highest BCUT2D eigenvalue weighted by Crippen LogP contribution is 2.26. The van der Waals surface area contributed by atoms with Crippen LogP contribution in [-0.4, -0.2) is 10.6 Å². The Labute approximate surface area is 164 Å². The van der Waals surface area contributed by atoms with Gasteiger partial charge >= 0.3 is 6.03 Å². The minimum absolute atomic E-state index is 0.261. The second kappa shape index (κ2) is 7.88. The van der Waals surface area contributed by atoms with E-state index in [-0.39, 0.29) is 6.03 Å². The number of carbonyl (C=O) groups excluding carboxylic acids is 1. The Bertz CT molecular complexity index is 1080. The van der Waals surface area contributed by atoms with Crippen molar-refractivity contribution >= 4 is 39.7 Å². The van der Waals surface area contributed by atoms with E-state index in [0.717, 1.165) is 40.2 Å². The van der Waals surface area contributed by atoms with Crippen LogP contribution in [-0.2, 0) is 6.54 Å². The summed E-state index contributed by atoms with van der Waals surface area (Å²) in [5.41, 5.74) is 4.63. The molecule has 3 aromatic carbocycles. The van der Waals surface area contributed by atoms with Crippen LogP contribution in [0.1, 0.15) is 6.92 Å². The molecule has 140 valence electrons. The van der Waals surface area contributed by atoms with Crippen LogP contribution in [0.3, 0.4) is 0 Å². The minimum atomic E-state index is -0.261. The normalized spacial score (nSPS) is 10.6. The van der Waals surface area contributed by atoms with Gasteiger partial charge in [-0.05, 0) is 49.4 Å². The zero-order valence-corrected chi connectivity index (χ0v) is 15.6. The summed E-state index contributed by atoms with van der Waals surface area (Å²) in [6.07, 6.45) is 1.97. The van der Waals surface area contributed by atoms with E-state index in [2.05, 4.69) is 33.5 Å². The van der Waals surface area contributed by atoms with Gasteiger partial charge in [-0.2, -0.15) is 0 Å². The van der Waals surface area contributed by atoms with Crippen LogP contribution in [0.4, 0.5) is 27.5 Å².